The molecule has 5 heteroatoms. The second kappa shape index (κ2) is 6.59. The van der Waals surface area contributed by atoms with E-state index >= 15 is 0 Å². The van der Waals surface area contributed by atoms with E-state index in [1.165, 1.54) is 11.8 Å². The Labute approximate surface area is 141 Å². The molecule has 0 saturated carbocycles. The fourth-order valence-electron chi connectivity index (χ4n) is 2.65. The zero-order valence-electron chi connectivity index (χ0n) is 13.5. The number of rotatable bonds is 4. The van der Waals surface area contributed by atoms with Gasteiger partial charge in [-0.15, -0.1) is 0 Å². The molecule has 1 aliphatic rings. The molecule has 1 aliphatic heterocycles. The van der Waals surface area contributed by atoms with Gasteiger partial charge < -0.3 is 10.4 Å². The van der Waals surface area contributed by atoms with Crippen LogP contribution in [0.2, 0.25) is 0 Å². The van der Waals surface area contributed by atoms with E-state index < -0.39 is 0 Å². The van der Waals surface area contributed by atoms with Crippen LogP contribution in [-0.2, 0) is 23.1 Å². The van der Waals surface area contributed by atoms with Crippen LogP contribution in [0.4, 0.5) is 0 Å². The van der Waals surface area contributed by atoms with Crippen LogP contribution in [0.1, 0.15) is 50.8 Å². The second-order valence-electron chi connectivity index (χ2n) is 6.74. The molecule has 1 unspecified atom stereocenters. The molecule has 0 bridgehead atoms. The molecule has 1 heterocycles. The lowest BCUT2D eigenvalue weighted by Gasteiger charge is -2.24. The summed E-state index contributed by atoms with van der Waals surface area (Å²) in [6.07, 6.45) is 2.45. The molecule has 3 nitrogen and oxygen atoms in total. The number of thioether (sulfide) groups is 1. The summed E-state index contributed by atoms with van der Waals surface area (Å²) in [5.41, 5.74) is 2.86. The maximum absolute atomic E-state index is 11.9. The number of aromatic hydroxyl groups is 1. The molecule has 1 atom stereocenters. The van der Waals surface area contributed by atoms with Gasteiger partial charge in [0.15, 0.2) is 0 Å². The van der Waals surface area contributed by atoms with Crippen LogP contribution in [0.25, 0.3) is 0 Å². The van der Waals surface area contributed by atoms with Crippen molar-refractivity contribution in [2.45, 2.75) is 57.6 Å². The molecule has 0 aliphatic carbocycles. The minimum absolute atomic E-state index is 0.0163. The number of carbonyl (C=O) groups excluding carboxylic acids is 1. The highest BCUT2D eigenvalue weighted by Gasteiger charge is 2.30. The lowest BCUT2D eigenvalue weighted by molar-refractivity contribution is -0.118. The van der Waals surface area contributed by atoms with Crippen LogP contribution < -0.4 is 5.32 Å². The first kappa shape index (κ1) is 17.3. The molecular formula is C17H23NO2S2. The van der Waals surface area contributed by atoms with Gasteiger partial charge in [0, 0.05) is 0 Å². The zero-order valence-corrected chi connectivity index (χ0v) is 15.2. The van der Waals surface area contributed by atoms with E-state index in [-0.39, 0.29) is 16.6 Å². The molecule has 22 heavy (non-hydrogen) atoms. The van der Waals surface area contributed by atoms with Crippen LogP contribution in [0.15, 0.2) is 12.1 Å². The van der Waals surface area contributed by atoms with Crippen molar-refractivity contribution in [1.82, 2.24) is 5.32 Å². The maximum atomic E-state index is 11.9. The molecule has 1 amide bonds. The van der Waals surface area contributed by atoms with Gasteiger partial charge in [0.25, 0.3) is 0 Å². The molecule has 1 aromatic rings. The van der Waals surface area contributed by atoms with Crippen molar-refractivity contribution in [2.75, 3.05) is 0 Å². The molecule has 0 aromatic heterocycles. The number of phenols is 1. The number of hydrogen-bond donors (Lipinski definition) is 2. The van der Waals surface area contributed by atoms with Crippen molar-refractivity contribution in [3.63, 3.8) is 0 Å². The van der Waals surface area contributed by atoms with Crippen molar-refractivity contribution < 1.29 is 9.90 Å². The largest absolute Gasteiger partial charge is 0.507 e. The Hall–Kier alpha value is -1.07. The summed E-state index contributed by atoms with van der Waals surface area (Å²) in [6, 6.07) is 4.06. The Morgan fingerprint density at radius 2 is 2.05 bits per heavy atom. The van der Waals surface area contributed by atoms with E-state index in [4.69, 9.17) is 12.2 Å². The summed E-state index contributed by atoms with van der Waals surface area (Å²) in [6.45, 7) is 8.37. The van der Waals surface area contributed by atoms with E-state index in [0.717, 1.165) is 29.5 Å². The summed E-state index contributed by atoms with van der Waals surface area (Å²) in [5.74, 6) is 0.384. The molecule has 0 spiro atoms. The van der Waals surface area contributed by atoms with Crippen LogP contribution >= 0.6 is 24.0 Å². The SMILES string of the molecule is CCCc1cc(CC2SC(=S)NC2=O)cc(C(C)(C)C)c1O. The molecule has 120 valence electrons. The normalized spacial score (nSPS) is 18.6. The summed E-state index contributed by atoms with van der Waals surface area (Å²) in [4.78, 5) is 11.9. The first-order valence-corrected chi connectivity index (χ1v) is 8.88. The highest BCUT2D eigenvalue weighted by atomic mass is 32.2. The van der Waals surface area contributed by atoms with Gasteiger partial charge in [0.05, 0.1) is 5.25 Å². The van der Waals surface area contributed by atoms with Gasteiger partial charge in [0.2, 0.25) is 5.91 Å². The third-order valence-electron chi connectivity index (χ3n) is 3.76. The number of benzene rings is 1. The topological polar surface area (TPSA) is 49.3 Å². The predicted molar refractivity (Wildman–Crippen MR) is 96.6 cm³/mol. The fourth-order valence-corrected chi connectivity index (χ4v) is 3.96. The number of nitrogens with one attached hydrogen (secondary N) is 1. The molecule has 1 fully saturated rings. The van der Waals surface area contributed by atoms with E-state index in [2.05, 4.69) is 33.0 Å². The van der Waals surface area contributed by atoms with E-state index in [9.17, 15) is 9.90 Å². The quantitative estimate of drug-likeness (QED) is 0.823. The van der Waals surface area contributed by atoms with Gasteiger partial charge >= 0.3 is 0 Å². The first-order valence-electron chi connectivity index (χ1n) is 7.59. The average molecular weight is 338 g/mol. The lowest BCUT2D eigenvalue weighted by atomic mass is 9.83. The number of phenolic OH excluding ortho intramolecular Hbond substituents is 1. The smallest absolute Gasteiger partial charge is 0.239 e. The van der Waals surface area contributed by atoms with Crippen molar-refractivity contribution >= 4 is 34.2 Å². The monoisotopic (exact) mass is 337 g/mol. The highest BCUT2D eigenvalue weighted by Crippen LogP contribution is 2.36. The number of thiocarbonyl (C=S) groups is 1. The highest BCUT2D eigenvalue weighted by molar-refractivity contribution is 8.24. The molecule has 1 aromatic carbocycles. The van der Waals surface area contributed by atoms with Gasteiger partial charge in [-0.1, -0.05) is 70.2 Å². The molecule has 2 rings (SSSR count). The van der Waals surface area contributed by atoms with Crippen molar-refractivity contribution in [1.29, 1.82) is 0 Å². The van der Waals surface area contributed by atoms with Gasteiger partial charge in [-0.05, 0) is 34.9 Å². The Bertz CT molecular complexity index is 605. The minimum atomic E-state index is -0.167. The number of carbonyl (C=O) groups is 1. The van der Waals surface area contributed by atoms with Crippen LogP contribution in [0.3, 0.4) is 0 Å². The van der Waals surface area contributed by atoms with Crippen LogP contribution in [0, 0.1) is 0 Å². The van der Waals surface area contributed by atoms with E-state index in [1.807, 2.05) is 12.1 Å². The first-order chi connectivity index (χ1) is 10.2. The Balaban J connectivity index is 2.37. The lowest BCUT2D eigenvalue weighted by Crippen LogP contribution is -2.25. The summed E-state index contributed by atoms with van der Waals surface area (Å²) < 4.78 is 0.554. The number of amides is 1. The van der Waals surface area contributed by atoms with Gasteiger partial charge in [-0.25, -0.2) is 0 Å². The maximum Gasteiger partial charge on any atom is 0.239 e. The van der Waals surface area contributed by atoms with Crippen molar-refractivity contribution in [3.05, 3.63) is 28.8 Å². The van der Waals surface area contributed by atoms with Crippen LogP contribution in [-0.4, -0.2) is 20.6 Å². The molecular weight excluding hydrogens is 314 g/mol. The number of aryl methyl sites for hydroxylation is 1. The summed E-state index contributed by atoms with van der Waals surface area (Å²) in [7, 11) is 0. The minimum Gasteiger partial charge on any atom is -0.507 e. The van der Waals surface area contributed by atoms with Crippen molar-refractivity contribution in [2.24, 2.45) is 0 Å². The zero-order chi connectivity index (χ0) is 16.5. The van der Waals surface area contributed by atoms with Crippen molar-refractivity contribution in [3.8, 4) is 5.75 Å². The standard InChI is InChI=1S/C17H23NO2S2/c1-5-6-11-7-10(8-12(14(11)19)17(2,3)4)9-13-15(20)18-16(21)22-13/h7-8,13,19H,5-6,9H2,1-4H3,(H,18,20,21). The molecule has 2 N–H and O–H groups in total. The Kier molecular flexibility index (Phi) is 5.17. The average Bonchev–Trinajstić information content (AvgIpc) is 2.70. The Morgan fingerprint density at radius 3 is 2.55 bits per heavy atom. The summed E-state index contributed by atoms with van der Waals surface area (Å²) in [5, 5.41) is 13.1. The fraction of sp³-hybridized carbons (Fsp3) is 0.529. The number of hydrogen-bond acceptors (Lipinski definition) is 4. The molecule has 0 radical (unpaired) electrons. The van der Waals surface area contributed by atoms with Gasteiger partial charge in [-0.2, -0.15) is 0 Å². The van der Waals surface area contributed by atoms with E-state index in [0.29, 0.717) is 16.5 Å². The van der Waals surface area contributed by atoms with Gasteiger partial charge in [0.1, 0.15) is 10.1 Å². The van der Waals surface area contributed by atoms with E-state index in [1.54, 1.807) is 0 Å². The third kappa shape index (κ3) is 3.82. The summed E-state index contributed by atoms with van der Waals surface area (Å²) >= 11 is 6.47. The van der Waals surface area contributed by atoms with Gasteiger partial charge in [-0.3, -0.25) is 4.79 Å². The third-order valence-corrected chi connectivity index (χ3v) is 5.14. The second-order valence-corrected chi connectivity index (χ2v) is 8.62. The Morgan fingerprint density at radius 1 is 1.36 bits per heavy atom. The van der Waals surface area contributed by atoms with Crippen LogP contribution in [0.5, 0.6) is 5.75 Å². The molecule has 1 saturated heterocycles. The predicted octanol–water partition coefficient (Wildman–Crippen LogP) is 3.70.